The van der Waals surface area contributed by atoms with Crippen molar-refractivity contribution in [3.8, 4) is 0 Å². The first-order valence-corrected chi connectivity index (χ1v) is 2.98. The van der Waals surface area contributed by atoms with E-state index >= 15 is 0 Å². The Labute approximate surface area is 65.4 Å². The van der Waals surface area contributed by atoms with Crippen molar-refractivity contribution in [2.45, 2.75) is 6.30 Å². The Morgan fingerprint density at radius 2 is 1.83 bits per heavy atom. The fourth-order valence-corrected chi connectivity index (χ4v) is 0.740. The Morgan fingerprint density at radius 3 is 2.33 bits per heavy atom. The van der Waals surface area contributed by atoms with Crippen LogP contribution in [0.1, 0.15) is 0 Å². The molecule has 0 aromatic rings. The van der Waals surface area contributed by atoms with Gasteiger partial charge in [-0.25, -0.2) is 8.78 Å². The molecule has 2 nitrogen and oxygen atoms in total. The molecule has 0 aliphatic carbocycles. The van der Waals surface area contributed by atoms with E-state index in [1.165, 1.54) is 0 Å². The maximum atomic E-state index is 12.5. The highest BCUT2D eigenvalue weighted by Crippen LogP contribution is 2.32. The molecule has 0 fully saturated rings. The summed E-state index contributed by atoms with van der Waals surface area (Å²) in [7, 11) is 0.825. The largest absolute Gasteiger partial charge is 0.503 e. The summed E-state index contributed by atoms with van der Waals surface area (Å²) < 4.78 is 49.8. The van der Waals surface area contributed by atoms with Crippen LogP contribution in [0, 0.1) is 0 Å². The van der Waals surface area contributed by atoms with Crippen molar-refractivity contribution < 1.29 is 22.7 Å². The standard InChI is InChI=1S/C6H5F4NO/c1-11-5(9)2(7)4(12)3(8)6(11)10/h5,12H,1H3. The molecule has 1 aliphatic heterocycles. The van der Waals surface area contributed by atoms with Gasteiger partial charge in [-0.3, -0.25) is 0 Å². The van der Waals surface area contributed by atoms with Gasteiger partial charge in [0.1, 0.15) is 0 Å². The highest BCUT2D eigenvalue weighted by atomic mass is 19.2. The second-order valence-electron chi connectivity index (χ2n) is 2.25. The van der Waals surface area contributed by atoms with Gasteiger partial charge in [-0.15, -0.1) is 0 Å². The molecule has 1 rings (SSSR count). The number of aliphatic hydroxyl groups excluding tert-OH is 1. The van der Waals surface area contributed by atoms with E-state index in [9.17, 15) is 17.6 Å². The third-order valence-electron chi connectivity index (χ3n) is 1.47. The minimum Gasteiger partial charge on any atom is -0.503 e. The second-order valence-corrected chi connectivity index (χ2v) is 2.25. The van der Waals surface area contributed by atoms with E-state index in [0.717, 1.165) is 7.05 Å². The van der Waals surface area contributed by atoms with E-state index in [1.54, 1.807) is 0 Å². The summed E-state index contributed by atoms with van der Waals surface area (Å²) in [6.45, 7) is 0. The van der Waals surface area contributed by atoms with Gasteiger partial charge in [-0.1, -0.05) is 0 Å². The van der Waals surface area contributed by atoms with Gasteiger partial charge in [-0.05, 0) is 0 Å². The maximum absolute atomic E-state index is 12.5. The number of hydrogen-bond acceptors (Lipinski definition) is 2. The van der Waals surface area contributed by atoms with Crippen molar-refractivity contribution in [2.24, 2.45) is 0 Å². The molecule has 1 heterocycles. The molecule has 1 unspecified atom stereocenters. The van der Waals surface area contributed by atoms with E-state index in [0.29, 0.717) is 0 Å². The molecule has 0 aromatic carbocycles. The second kappa shape index (κ2) is 2.69. The molecule has 0 radical (unpaired) electrons. The van der Waals surface area contributed by atoms with Crippen LogP contribution in [-0.4, -0.2) is 23.3 Å². The average Bonchev–Trinajstić information content (AvgIpc) is 2.08. The van der Waals surface area contributed by atoms with Crippen LogP contribution in [0.4, 0.5) is 17.6 Å². The summed E-state index contributed by atoms with van der Waals surface area (Å²) in [5.41, 5.74) is 0. The summed E-state index contributed by atoms with van der Waals surface area (Å²) in [4.78, 5) is 0.102. The van der Waals surface area contributed by atoms with Gasteiger partial charge in [0.2, 0.25) is 18.1 Å². The lowest BCUT2D eigenvalue weighted by molar-refractivity contribution is 0.0984. The van der Waals surface area contributed by atoms with E-state index in [1.807, 2.05) is 0 Å². The van der Waals surface area contributed by atoms with E-state index in [-0.39, 0.29) is 4.90 Å². The minimum atomic E-state index is -2.47. The predicted octanol–water partition coefficient (Wildman–Crippen LogP) is 2.07. The fourth-order valence-electron chi connectivity index (χ4n) is 0.740. The summed E-state index contributed by atoms with van der Waals surface area (Å²) in [6.07, 6.45) is -2.47. The minimum absolute atomic E-state index is 0.102. The number of likely N-dealkylation sites (N-methyl/N-ethyl adjacent to an activating group) is 1. The van der Waals surface area contributed by atoms with Crippen molar-refractivity contribution in [3.63, 3.8) is 0 Å². The Balaban J connectivity index is 3.18. The lowest BCUT2D eigenvalue weighted by Gasteiger charge is -2.24. The van der Waals surface area contributed by atoms with Crippen LogP contribution in [0.2, 0.25) is 0 Å². The molecular weight excluding hydrogens is 178 g/mol. The van der Waals surface area contributed by atoms with E-state index in [4.69, 9.17) is 5.11 Å². The highest BCUT2D eigenvalue weighted by molar-refractivity contribution is 5.29. The number of aliphatic hydroxyl groups is 1. The molecule has 0 aromatic heterocycles. The van der Waals surface area contributed by atoms with E-state index in [2.05, 4.69) is 0 Å². The number of allylic oxidation sites excluding steroid dienone is 1. The van der Waals surface area contributed by atoms with Crippen LogP contribution >= 0.6 is 0 Å². The van der Waals surface area contributed by atoms with Crippen molar-refractivity contribution in [1.82, 2.24) is 4.90 Å². The third kappa shape index (κ3) is 1.03. The fraction of sp³-hybridized carbons (Fsp3) is 0.333. The molecule has 1 aliphatic rings. The van der Waals surface area contributed by atoms with Gasteiger partial charge in [0.15, 0.2) is 11.6 Å². The Hall–Kier alpha value is -1.20. The highest BCUT2D eigenvalue weighted by Gasteiger charge is 2.34. The normalized spacial score (nSPS) is 25.4. The van der Waals surface area contributed by atoms with Gasteiger partial charge in [0, 0.05) is 7.05 Å². The third-order valence-corrected chi connectivity index (χ3v) is 1.47. The molecule has 0 bridgehead atoms. The van der Waals surface area contributed by atoms with Crippen molar-refractivity contribution >= 4 is 0 Å². The number of hydrogen-bond donors (Lipinski definition) is 1. The Kier molecular flexibility index (Phi) is 1.99. The summed E-state index contributed by atoms with van der Waals surface area (Å²) in [5, 5.41) is 8.47. The van der Waals surface area contributed by atoms with E-state index < -0.39 is 29.7 Å². The van der Waals surface area contributed by atoms with Crippen molar-refractivity contribution in [2.75, 3.05) is 7.05 Å². The molecule has 1 N–H and O–H groups in total. The first kappa shape index (κ1) is 8.89. The first-order chi connectivity index (χ1) is 5.46. The number of rotatable bonds is 0. The van der Waals surface area contributed by atoms with Crippen LogP contribution in [0.5, 0.6) is 0 Å². The van der Waals surface area contributed by atoms with Gasteiger partial charge in [0.05, 0.1) is 0 Å². The predicted molar refractivity (Wildman–Crippen MR) is 32.7 cm³/mol. The Morgan fingerprint density at radius 1 is 1.33 bits per heavy atom. The van der Waals surface area contributed by atoms with Crippen LogP contribution in [0.3, 0.4) is 0 Å². The topological polar surface area (TPSA) is 23.5 Å². The van der Waals surface area contributed by atoms with Gasteiger partial charge in [0.25, 0.3) is 0 Å². The van der Waals surface area contributed by atoms with Crippen molar-refractivity contribution in [3.05, 3.63) is 23.4 Å². The molecule has 68 valence electrons. The van der Waals surface area contributed by atoms with Gasteiger partial charge < -0.3 is 10.0 Å². The Bertz CT molecular complexity index is 245. The maximum Gasteiger partial charge on any atom is 0.232 e. The molecular formula is C6H5F4NO. The number of nitrogens with zero attached hydrogens (tertiary/aromatic N) is 1. The number of alkyl halides is 1. The monoisotopic (exact) mass is 183 g/mol. The van der Waals surface area contributed by atoms with Crippen LogP contribution in [0.15, 0.2) is 23.4 Å². The molecule has 0 spiro atoms. The lowest BCUT2D eigenvalue weighted by atomic mass is 10.3. The molecule has 0 saturated carbocycles. The number of halogens is 4. The molecule has 1 atom stereocenters. The zero-order valence-corrected chi connectivity index (χ0v) is 5.98. The average molecular weight is 183 g/mol. The van der Waals surface area contributed by atoms with Gasteiger partial charge in [-0.2, -0.15) is 8.78 Å². The zero-order chi connectivity index (χ0) is 9.46. The zero-order valence-electron chi connectivity index (χ0n) is 5.98. The molecule has 0 amide bonds. The van der Waals surface area contributed by atoms with Crippen molar-refractivity contribution in [1.29, 1.82) is 0 Å². The first-order valence-electron chi connectivity index (χ1n) is 2.98. The quantitative estimate of drug-likeness (QED) is 0.459. The van der Waals surface area contributed by atoms with Gasteiger partial charge >= 0.3 is 0 Å². The summed E-state index contributed by atoms with van der Waals surface area (Å²) in [6, 6.07) is 0. The lowest BCUT2D eigenvalue weighted by Crippen LogP contribution is -2.31. The molecule has 6 heteroatoms. The summed E-state index contributed by atoms with van der Waals surface area (Å²) >= 11 is 0. The van der Waals surface area contributed by atoms with Crippen LogP contribution < -0.4 is 0 Å². The smallest absolute Gasteiger partial charge is 0.232 e. The SMILES string of the molecule is CN1C(F)=C(F)C(O)=C(F)C1F. The molecule has 0 saturated heterocycles. The van der Waals surface area contributed by atoms with Crippen LogP contribution in [0.25, 0.3) is 0 Å². The summed E-state index contributed by atoms with van der Waals surface area (Å²) in [5.74, 6) is -6.75. The van der Waals surface area contributed by atoms with Crippen LogP contribution in [-0.2, 0) is 0 Å². The molecule has 12 heavy (non-hydrogen) atoms.